The molecule has 0 bridgehead atoms. The minimum atomic E-state index is -0.237. The number of nitrogens with one attached hydrogen (secondary N) is 2. The monoisotopic (exact) mass is 415 g/mol. The first-order chi connectivity index (χ1) is 14.1. The number of carbonyl (C=O) groups excluding carboxylic acids is 2. The molecule has 4 rings (SSSR count). The molecule has 2 aliphatic rings. The first-order valence-corrected chi connectivity index (χ1v) is 9.96. The van der Waals surface area contributed by atoms with Crippen molar-refractivity contribution in [1.82, 2.24) is 10.6 Å². The number of anilines is 1. The number of ether oxygens (including phenoxy) is 2. The molecule has 29 heavy (non-hydrogen) atoms. The van der Waals surface area contributed by atoms with Crippen LogP contribution in [0.3, 0.4) is 0 Å². The van der Waals surface area contributed by atoms with Gasteiger partial charge in [0.1, 0.15) is 0 Å². The SMILES string of the molecule is O=C1CN(c2ccc(CNC(=O)c3cc(Cl)c4c(c3)OCCCO4)cc2)CCN1. The van der Waals surface area contributed by atoms with E-state index in [-0.39, 0.29) is 11.8 Å². The van der Waals surface area contributed by atoms with Gasteiger partial charge in [0.2, 0.25) is 5.91 Å². The zero-order chi connectivity index (χ0) is 20.2. The summed E-state index contributed by atoms with van der Waals surface area (Å²) < 4.78 is 11.2. The lowest BCUT2D eigenvalue weighted by molar-refractivity contribution is -0.120. The van der Waals surface area contributed by atoms with Crippen LogP contribution in [-0.4, -0.2) is 44.7 Å². The van der Waals surface area contributed by atoms with Gasteiger partial charge in [-0.25, -0.2) is 0 Å². The van der Waals surface area contributed by atoms with Crippen molar-refractivity contribution < 1.29 is 19.1 Å². The van der Waals surface area contributed by atoms with E-state index in [4.69, 9.17) is 21.1 Å². The van der Waals surface area contributed by atoms with Crippen LogP contribution in [0.15, 0.2) is 36.4 Å². The highest BCUT2D eigenvalue weighted by Crippen LogP contribution is 2.38. The maximum Gasteiger partial charge on any atom is 0.251 e. The largest absolute Gasteiger partial charge is 0.489 e. The summed E-state index contributed by atoms with van der Waals surface area (Å²) in [5, 5.41) is 6.08. The van der Waals surface area contributed by atoms with Gasteiger partial charge < -0.3 is 25.0 Å². The molecule has 7 nitrogen and oxygen atoms in total. The average Bonchev–Trinajstić information content (AvgIpc) is 2.98. The van der Waals surface area contributed by atoms with Crippen molar-refractivity contribution in [2.75, 3.05) is 37.7 Å². The van der Waals surface area contributed by atoms with Crippen molar-refractivity contribution in [3.8, 4) is 11.5 Å². The van der Waals surface area contributed by atoms with Crippen molar-refractivity contribution in [3.05, 3.63) is 52.5 Å². The predicted octanol–water partition coefficient (Wildman–Crippen LogP) is 2.37. The van der Waals surface area contributed by atoms with Crippen LogP contribution in [0.25, 0.3) is 0 Å². The van der Waals surface area contributed by atoms with Crippen LogP contribution in [0.4, 0.5) is 5.69 Å². The smallest absolute Gasteiger partial charge is 0.251 e. The molecule has 2 aromatic carbocycles. The molecular weight excluding hydrogens is 394 g/mol. The second-order valence-corrected chi connectivity index (χ2v) is 7.36. The molecular formula is C21H22ClN3O4. The van der Waals surface area contributed by atoms with Crippen LogP contribution in [0.1, 0.15) is 22.3 Å². The molecule has 0 saturated carbocycles. The molecule has 2 amide bonds. The first kappa shape index (κ1) is 19.4. The van der Waals surface area contributed by atoms with Gasteiger partial charge in [-0.3, -0.25) is 9.59 Å². The van der Waals surface area contributed by atoms with Crippen molar-refractivity contribution in [3.63, 3.8) is 0 Å². The average molecular weight is 416 g/mol. The van der Waals surface area contributed by atoms with Crippen LogP contribution in [-0.2, 0) is 11.3 Å². The summed E-state index contributed by atoms with van der Waals surface area (Å²) in [6.07, 6.45) is 0.768. The Kier molecular flexibility index (Phi) is 5.76. The number of rotatable bonds is 4. The van der Waals surface area contributed by atoms with Crippen molar-refractivity contribution in [1.29, 1.82) is 0 Å². The molecule has 152 valence electrons. The summed E-state index contributed by atoms with van der Waals surface area (Å²) in [4.78, 5) is 26.1. The molecule has 2 aliphatic heterocycles. The summed E-state index contributed by atoms with van der Waals surface area (Å²) in [6.45, 7) is 3.24. The van der Waals surface area contributed by atoms with E-state index >= 15 is 0 Å². The van der Waals surface area contributed by atoms with Gasteiger partial charge >= 0.3 is 0 Å². The van der Waals surface area contributed by atoms with E-state index in [1.54, 1.807) is 12.1 Å². The molecule has 2 aromatic rings. The highest BCUT2D eigenvalue weighted by atomic mass is 35.5. The number of halogens is 1. The molecule has 0 spiro atoms. The normalized spacial score (nSPS) is 16.0. The number of fused-ring (bicyclic) bond motifs is 1. The second kappa shape index (κ2) is 8.61. The van der Waals surface area contributed by atoms with Gasteiger partial charge in [0, 0.05) is 37.3 Å². The topological polar surface area (TPSA) is 79.9 Å². The maximum absolute atomic E-state index is 12.6. The van der Waals surface area contributed by atoms with Gasteiger partial charge in [0.15, 0.2) is 11.5 Å². The lowest BCUT2D eigenvalue weighted by atomic mass is 10.1. The number of benzene rings is 2. The quantitative estimate of drug-likeness (QED) is 0.801. The summed E-state index contributed by atoms with van der Waals surface area (Å²) >= 11 is 6.26. The van der Waals surface area contributed by atoms with Crippen molar-refractivity contribution in [2.24, 2.45) is 0 Å². The van der Waals surface area contributed by atoms with E-state index in [1.165, 1.54) is 0 Å². The molecule has 0 atom stereocenters. The van der Waals surface area contributed by atoms with E-state index in [1.807, 2.05) is 29.2 Å². The van der Waals surface area contributed by atoms with Crippen LogP contribution in [0.5, 0.6) is 11.5 Å². The molecule has 1 fully saturated rings. The third-order valence-electron chi connectivity index (χ3n) is 4.86. The summed E-state index contributed by atoms with van der Waals surface area (Å²) in [5.74, 6) is 0.776. The number of piperazine rings is 1. The number of nitrogens with zero attached hydrogens (tertiary/aromatic N) is 1. The number of hydrogen-bond donors (Lipinski definition) is 2. The lowest BCUT2D eigenvalue weighted by Crippen LogP contribution is -2.47. The van der Waals surface area contributed by atoms with E-state index in [0.717, 1.165) is 24.2 Å². The first-order valence-electron chi connectivity index (χ1n) is 9.58. The van der Waals surface area contributed by atoms with E-state index < -0.39 is 0 Å². The van der Waals surface area contributed by atoms with Crippen molar-refractivity contribution in [2.45, 2.75) is 13.0 Å². The number of hydrogen-bond acceptors (Lipinski definition) is 5. The standard InChI is InChI=1S/C21H22ClN3O4/c22-17-10-15(11-18-20(17)29-9-1-8-28-18)21(27)24-12-14-2-4-16(5-3-14)25-7-6-23-19(26)13-25/h2-5,10-11H,1,6-9,12-13H2,(H,23,26)(H,24,27). The Balaban J connectivity index is 1.39. The molecule has 0 unspecified atom stereocenters. The molecule has 0 aromatic heterocycles. The fourth-order valence-electron chi connectivity index (χ4n) is 3.33. The fourth-order valence-corrected chi connectivity index (χ4v) is 3.60. The summed E-state index contributed by atoms with van der Waals surface area (Å²) in [5.41, 5.74) is 2.38. The highest BCUT2D eigenvalue weighted by molar-refractivity contribution is 6.32. The summed E-state index contributed by atoms with van der Waals surface area (Å²) in [7, 11) is 0. The van der Waals surface area contributed by atoms with Crippen LogP contribution >= 0.6 is 11.6 Å². The highest BCUT2D eigenvalue weighted by Gasteiger charge is 2.19. The molecule has 1 saturated heterocycles. The Morgan fingerprint density at radius 3 is 2.76 bits per heavy atom. The molecule has 0 aliphatic carbocycles. The lowest BCUT2D eigenvalue weighted by Gasteiger charge is -2.28. The van der Waals surface area contributed by atoms with E-state index in [9.17, 15) is 9.59 Å². The van der Waals surface area contributed by atoms with Crippen molar-refractivity contribution >= 4 is 29.1 Å². The zero-order valence-electron chi connectivity index (χ0n) is 15.9. The van der Waals surface area contributed by atoms with Gasteiger partial charge in [-0.05, 0) is 29.8 Å². The van der Waals surface area contributed by atoms with Crippen LogP contribution in [0, 0.1) is 0 Å². The predicted molar refractivity (Wildman–Crippen MR) is 110 cm³/mol. The Morgan fingerprint density at radius 1 is 1.17 bits per heavy atom. The van der Waals surface area contributed by atoms with E-state index in [0.29, 0.717) is 54.9 Å². The number of amides is 2. The van der Waals surface area contributed by atoms with Gasteiger partial charge in [0.05, 0.1) is 24.8 Å². The molecule has 0 radical (unpaired) electrons. The minimum absolute atomic E-state index is 0.0291. The molecule has 2 N–H and O–H groups in total. The van der Waals surface area contributed by atoms with Crippen LogP contribution in [0.2, 0.25) is 5.02 Å². The van der Waals surface area contributed by atoms with Gasteiger partial charge in [-0.2, -0.15) is 0 Å². The Labute approximate surface area is 173 Å². The Hall–Kier alpha value is -2.93. The zero-order valence-corrected chi connectivity index (χ0v) is 16.6. The fraction of sp³-hybridized carbons (Fsp3) is 0.333. The summed E-state index contributed by atoms with van der Waals surface area (Å²) in [6, 6.07) is 11.1. The third kappa shape index (κ3) is 4.56. The Bertz CT molecular complexity index is 917. The van der Waals surface area contributed by atoms with Gasteiger partial charge in [-0.15, -0.1) is 0 Å². The van der Waals surface area contributed by atoms with E-state index in [2.05, 4.69) is 10.6 Å². The second-order valence-electron chi connectivity index (χ2n) is 6.96. The minimum Gasteiger partial charge on any atom is -0.489 e. The molecule has 8 heteroatoms. The van der Waals surface area contributed by atoms with Crippen LogP contribution < -0.4 is 25.0 Å². The Morgan fingerprint density at radius 2 is 1.97 bits per heavy atom. The maximum atomic E-state index is 12.6. The number of carbonyl (C=O) groups is 2. The van der Waals surface area contributed by atoms with Gasteiger partial charge in [-0.1, -0.05) is 23.7 Å². The van der Waals surface area contributed by atoms with Gasteiger partial charge in [0.25, 0.3) is 5.91 Å². The molecule has 2 heterocycles. The third-order valence-corrected chi connectivity index (χ3v) is 5.14.